The van der Waals surface area contributed by atoms with Crippen LogP contribution < -0.4 is 16.0 Å². The van der Waals surface area contributed by atoms with Gasteiger partial charge in [-0.1, -0.05) is 26.8 Å². The molecular formula is C21H25N3O4. The molecule has 0 spiro atoms. The van der Waals surface area contributed by atoms with Gasteiger partial charge in [0.2, 0.25) is 17.7 Å². The molecule has 2 aromatic rings. The zero-order valence-electron chi connectivity index (χ0n) is 16.2. The van der Waals surface area contributed by atoms with Crippen molar-refractivity contribution in [2.24, 2.45) is 5.41 Å². The Morgan fingerprint density at radius 2 is 1.75 bits per heavy atom. The van der Waals surface area contributed by atoms with E-state index in [0.717, 1.165) is 0 Å². The molecule has 7 nitrogen and oxygen atoms in total. The molecule has 0 aliphatic heterocycles. The Hall–Kier alpha value is -3.35. The molecular weight excluding hydrogens is 358 g/mol. The molecule has 0 fully saturated rings. The molecule has 0 radical (unpaired) electrons. The van der Waals surface area contributed by atoms with Gasteiger partial charge >= 0.3 is 0 Å². The Morgan fingerprint density at radius 3 is 2.39 bits per heavy atom. The maximum absolute atomic E-state index is 12.1. The first-order valence-corrected chi connectivity index (χ1v) is 8.95. The molecule has 148 valence electrons. The molecule has 28 heavy (non-hydrogen) atoms. The van der Waals surface area contributed by atoms with E-state index in [4.69, 9.17) is 4.42 Å². The van der Waals surface area contributed by atoms with Crippen molar-refractivity contribution in [3.8, 4) is 0 Å². The predicted molar refractivity (Wildman–Crippen MR) is 109 cm³/mol. The molecule has 0 aliphatic carbocycles. The van der Waals surface area contributed by atoms with Crippen LogP contribution in [0.1, 0.15) is 33.0 Å². The van der Waals surface area contributed by atoms with E-state index < -0.39 is 5.41 Å². The van der Waals surface area contributed by atoms with Crippen molar-refractivity contribution < 1.29 is 18.8 Å². The Kier molecular flexibility index (Phi) is 7.14. The summed E-state index contributed by atoms with van der Waals surface area (Å²) in [5.74, 6) is -0.0849. The van der Waals surface area contributed by atoms with Gasteiger partial charge in [-0.3, -0.25) is 14.4 Å². The maximum atomic E-state index is 12.1. The van der Waals surface area contributed by atoms with E-state index in [-0.39, 0.29) is 30.7 Å². The third-order valence-corrected chi connectivity index (χ3v) is 3.68. The van der Waals surface area contributed by atoms with Gasteiger partial charge in [0.05, 0.1) is 6.26 Å². The van der Waals surface area contributed by atoms with Crippen molar-refractivity contribution in [2.45, 2.75) is 27.2 Å². The fourth-order valence-electron chi connectivity index (χ4n) is 2.12. The maximum Gasteiger partial charge on any atom is 0.244 e. The van der Waals surface area contributed by atoms with Gasteiger partial charge in [0.25, 0.3) is 0 Å². The highest BCUT2D eigenvalue weighted by molar-refractivity contribution is 5.96. The van der Waals surface area contributed by atoms with Crippen LogP contribution >= 0.6 is 0 Å². The van der Waals surface area contributed by atoms with Gasteiger partial charge in [-0.2, -0.15) is 0 Å². The van der Waals surface area contributed by atoms with Crippen LogP contribution in [0, 0.1) is 5.41 Å². The summed E-state index contributed by atoms with van der Waals surface area (Å²) in [6.07, 6.45) is 4.54. The third kappa shape index (κ3) is 7.11. The number of benzene rings is 1. The second-order valence-corrected chi connectivity index (χ2v) is 7.22. The quantitative estimate of drug-likeness (QED) is 0.638. The summed E-state index contributed by atoms with van der Waals surface area (Å²) in [6, 6.07) is 10.4. The lowest BCUT2D eigenvalue weighted by Gasteiger charge is -2.18. The fourth-order valence-corrected chi connectivity index (χ4v) is 2.12. The normalized spacial score (nSPS) is 11.2. The average molecular weight is 383 g/mol. The number of amides is 3. The lowest BCUT2D eigenvalue weighted by molar-refractivity contribution is -0.123. The first-order valence-electron chi connectivity index (χ1n) is 8.95. The van der Waals surface area contributed by atoms with Crippen LogP contribution in [0.5, 0.6) is 0 Å². The van der Waals surface area contributed by atoms with Crippen molar-refractivity contribution in [2.75, 3.05) is 17.2 Å². The second kappa shape index (κ2) is 9.55. The lowest BCUT2D eigenvalue weighted by atomic mass is 9.95. The Balaban J connectivity index is 1.77. The zero-order chi connectivity index (χ0) is 20.6. The minimum atomic E-state index is -0.511. The smallest absolute Gasteiger partial charge is 0.244 e. The molecule has 1 aromatic carbocycles. The molecule has 0 atom stereocenters. The highest BCUT2D eigenvalue weighted by atomic mass is 16.3. The Morgan fingerprint density at radius 1 is 1.04 bits per heavy atom. The van der Waals surface area contributed by atoms with Gasteiger partial charge in [-0.25, -0.2) is 0 Å². The minimum absolute atomic E-state index is 0.110. The highest BCUT2D eigenvalue weighted by Crippen LogP contribution is 2.20. The summed E-state index contributed by atoms with van der Waals surface area (Å²) >= 11 is 0. The van der Waals surface area contributed by atoms with E-state index in [9.17, 15) is 14.4 Å². The number of carbonyl (C=O) groups excluding carboxylic acids is 3. The van der Waals surface area contributed by atoms with Crippen LogP contribution in [-0.4, -0.2) is 24.3 Å². The first kappa shape index (κ1) is 21.0. The number of nitrogens with one attached hydrogen (secondary N) is 3. The zero-order valence-corrected chi connectivity index (χ0v) is 16.2. The molecule has 0 saturated carbocycles. The summed E-state index contributed by atoms with van der Waals surface area (Å²) in [6.45, 7) is 5.68. The van der Waals surface area contributed by atoms with Crippen LogP contribution in [0.15, 0.2) is 53.2 Å². The van der Waals surface area contributed by atoms with Crippen LogP contribution in [-0.2, 0) is 14.4 Å². The summed E-state index contributed by atoms with van der Waals surface area (Å²) in [7, 11) is 0. The van der Waals surface area contributed by atoms with Crippen molar-refractivity contribution in [1.29, 1.82) is 0 Å². The molecule has 1 heterocycles. The molecule has 0 saturated heterocycles. The van der Waals surface area contributed by atoms with Crippen LogP contribution in [0.25, 0.3) is 6.08 Å². The molecule has 3 amide bonds. The van der Waals surface area contributed by atoms with Gasteiger partial charge in [0.1, 0.15) is 5.76 Å². The van der Waals surface area contributed by atoms with Gasteiger partial charge in [-0.05, 0) is 36.4 Å². The van der Waals surface area contributed by atoms with Crippen molar-refractivity contribution in [1.82, 2.24) is 5.32 Å². The SMILES string of the molecule is CC(C)(C)C(=O)Nc1cccc(NC(=O)CCNC(=O)/C=C/c2ccco2)c1. The minimum Gasteiger partial charge on any atom is -0.465 e. The Labute approximate surface area is 164 Å². The molecule has 0 bridgehead atoms. The topological polar surface area (TPSA) is 100 Å². The number of rotatable bonds is 7. The van der Waals surface area contributed by atoms with Gasteiger partial charge in [0.15, 0.2) is 0 Å². The Bertz CT molecular complexity index is 849. The number of hydrogen-bond acceptors (Lipinski definition) is 4. The number of carbonyl (C=O) groups is 3. The highest BCUT2D eigenvalue weighted by Gasteiger charge is 2.21. The van der Waals surface area contributed by atoms with Gasteiger partial charge in [-0.15, -0.1) is 0 Å². The van der Waals surface area contributed by atoms with E-state index in [2.05, 4.69) is 16.0 Å². The van der Waals surface area contributed by atoms with Gasteiger partial charge in [0, 0.05) is 35.8 Å². The largest absolute Gasteiger partial charge is 0.465 e. The molecule has 0 aliphatic rings. The predicted octanol–water partition coefficient (Wildman–Crippen LogP) is 3.42. The third-order valence-electron chi connectivity index (χ3n) is 3.68. The van der Waals surface area contributed by atoms with Crippen molar-refractivity contribution in [3.63, 3.8) is 0 Å². The van der Waals surface area contributed by atoms with E-state index >= 15 is 0 Å². The van der Waals surface area contributed by atoms with E-state index in [1.54, 1.807) is 42.5 Å². The van der Waals surface area contributed by atoms with Crippen LogP contribution in [0.4, 0.5) is 11.4 Å². The lowest BCUT2D eigenvalue weighted by Crippen LogP contribution is -2.27. The summed E-state index contributed by atoms with van der Waals surface area (Å²) in [4.78, 5) is 35.8. The molecule has 2 rings (SSSR count). The fraction of sp³-hybridized carbons (Fsp3) is 0.286. The summed E-state index contributed by atoms with van der Waals surface area (Å²) in [5, 5.41) is 8.20. The first-order chi connectivity index (χ1) is 13.2. The second-order valence-electron chi connectivity index (χ2n) is 7.22. The van der Waals surface area contributed by atoms with Gasteiger partial charge < -0.3 is 20.4 Å². The van der Waals surface area contributed by atoms with Crippen molar-refractivity contribution >= 4 is 35.2 Å². The average Bonchev–Trinajstić information content (AvgIpc) is 3.13. The molecule has 0 unspecified atom stereocenters. The number of furan rings is 1. The van der Waals surface area contributed by atoms with Crippen LogP contribution in [0.3, 0.4) is 0 Å². The monoisotopic (exact) mass is 383 g/mol. The van der Waals surface area contributed by atoms with Crippen molar-refractivity contribution in [3.05, 3.63) is 54.5 Å². The standard InChI is InChI=1S/C21H25N3O4/c1-21(2,3)20(27)24-16-7-4-6-15(14-16)23-19(26)11-12-22-18(25)10-9-17-8-5-13-28-17/h4-10,13-14H,11-12H2,1-3H3,(H,22,25)(H,23,26)(H,24,27)/b10-9+. The molecule has 1 aromatic heterocycles. The van der Waals surface area contributed by atoms with E-state index in [1.165, 1.54) is 12.3 Å². The molecule has 3 N–H and O–H groups in total. The number of hydrogen-bond donors (Lipinski definition) is 3. The van der Waals surface area contributed by atoms with Crippen LogP contribution in [0.2, 0.25) is 0 Å². The van der Waals surface area contributed by atoms with E-state index in [1.807, 2.05) is 20.8 Å². The molecule has 7 heteroatoms. The summed E-state index contributed by atoms with van der Waals surface area (Å²) in [5.41, 5.74) is 0.665. The number of anilines is 2. The summed E-state index contributed by atoms with van der Waals surface area (Å²) < 4.78 is 5.09. The van der Waals surface area contributed by atoms with E-state index in [0.29, 0.717) is 17.1 Å².